The summed E-state index contributed by atoms with van der Waals surface area (Å²) in [5.41, 5.74) is 6.77. The van der Waals surface area contributed by atoms with E-state index >= 15 is 0 Å². The van der Waals surface area contributed by atoms with E-state index in [0.29, 0.717) is 23.4 Å². The van der Waals surface area contributed by atoms with Crippen LogP contribution in [0.3, 0.4) is 0 Å². The molecule has 0 saturated heterocycles. The minimum atomic E-state index is 0.316. The molecule has 2 nitrogen and oxygen atoms in total. The second-order valence-electron chi connectivity index (χ2n) is 6.92. The molecule has 2 rings (SSSR count). The van der Waals surface area contributed by atoms with Crippen molar-refractivity contribution in [3.8, 4) is 0 Å². The molecule has 2 unspecified atom stereocenters. The number of nitrogens with two attached hydrogens (primary N) is 1. The monoisotopic (exact) mass is 280 g/mol. The smallest absolute Gasteiger partial charge is 0.0330 e. The van der Waals surface area contributed by atoms with Gasteiger partial charge in [-0.3, -0.25) is 4.90 Å². The van der Waals surface area contributed by atoms with Gasteiger partial charge < -0.3 is 5.73 Å². The van der Waals surface area contributed by atoms with Gasteiger partial charge in [0.1, 0.15) is 0 Å². The molecule has 1 aromatic rings. The lowest BCUT2D eigenvalue weighted by atomic mass is 9.85. The van der Waals surface area contributed by atoms with Gasteiger partial charge in [-0.2, -0.15) is 0 Å². The van der Waals surface area contributed by atoms with Crippen LogP contribution in [-0.4, -0.2) is 23.5 Å². The summed E-state index contributed by atoms with van der Waals surface area (Å²) in [5, 5.41) is 2.16. The summed E-state index contributed by atoms with van der Waals surface area (Å²) >= 11 is 1.85. The maximum atomic E-state index is 6.45. The standard InChI is InChI=1S/C16H28N2S/c1-12(2)18(11-14-6-5-9-19-14)10-13-7-8-16(3,4)15(13)17/h5-6,9,12-13,15H,7-8,10-11,17H2,1-4H3. The summed E-state index contributed by atoms with van der Waals surface area (Å²) < 4.78 is 0. The van der Waals surface area contributed by atoms with Crippen molar-refractivity contribution in [2.45, 2.75) is 59.2 Å². The average Bonchev–Trinajstić information content (AvgIpc) is 2.92. The zero-order chi connectivity index (χ0) is 14.0. The molecule has 0 aliphatic heterocycles. The van der Waals surface area contributed by atoms with Crippen molar-refractivity contribution in [1.82, 2.24) is 4.90 Å². The molecule has 0 amide bonds. The summed E-state index contributed by atoms with van der Waals surface area (Å²) in [4.78, 5) is 4.04. The number of hydrogen-bond acceptors (Lipinski definition) is 3. The molecular weight excluding hydrogens is 252 g/mol. The first-order valence-electron chi connectivity index (χ1n) is 7.42. The Balaban J connectivity index is 1.98. The molecule has 0 bridgehead atoms. The third-order valence-electron chi connectivity index (χ3n) is 4.71. The van der Waals surface area contributed by atoms with Crippen LogP contribution in [0.2, 0.25) is 0 Å². The molecule has 2 atom stereocenters. The van der Waals surface area contributed by atoms with Gasteiger partial charge in [0.05, 0.1) is 0 Å². The number of rotatable bonds is 5. The van der Waals surface area contributed by atoms with Gasteiger partial charge in [0.15, 0.2) is 0 Å². The van der Waals surface area contributed by atoms with Crippen LogP contribution in [0.15, 0.2) is 17.5 Å². The van der Waals surface area contributed by atoms with Gasteiger partial charge in [0, 0.05) is 30.1 Å². The Morgan fingerprint density at radius 3 is 2.68 bits per heavy atom. The molecule has 1 heterocycles. The largest absolute Gasteiger partial charge is 0.327 e. The molecule has 0 radical (unpaired) electrons. The Bertz CT molecular complexity index is 383. The normalized spacial score (nSPS) is 26.5. The Morgan fingerprint density at radius 2 is 2.21 bits per heavy atom. The maximum Gasteiger partial charge on any atom is 0.0330 e. The van der Waals surface area contributed by atoms with Crippen molar-refractivity contribution < 1.29 is 0 Å². The minimum Gasteiger partial charge on any atom is -0.327 e. The van der Waals surface area contributed by atoms with Gasteiger partial charge in [-0.05, 0) is 49.5 Å². The first-order valence-corrected chi connectivity index (χ1v) is 8.30. The van der Waals surface area contributed by atoms with E-state index in [-0.39, 0.29) is 0 Å². The Kier molecular flexibility index (Phi) is 4.70. The van der Waals surface area contributed by atoms with Crippen LogP contribution in [0.4, 0.5) is 0 Å². The highest BCUT2D eigenvalue weighted by atomic mass is 32.1. The molecule has 1 aliphatic rings. The third-order valence-corrected chi connectivity index (χ3v) is 5.57. The van der Waals surface area contributed by atoms with E-state index in [0.717, 1.165) is 13.1 Å². The Morgan fingerprint density at radius 1 is 1.47 bits per heavy atom. The lowest BCUT2D eigenvalue weighted by Gasteiger charge is -2.33. The van der Waals surface area contributed by atoms with Gasteiger partial charge in [-0.25, -0.2) is 0 Å². The van der Waals surface area contributed by atoms with Gasteiger partial charge in [0.25, 0.3) is 0 Å². The van der Waals surface area contributed by atoms with Gasteiger partial charge >= 0.3 is 0 Å². The summed E-state index contributed by atoms with van der Waals surface area (Å²) in [6.45, 7) is 11.4. The lowest BCUT2D eigenvalue weighted by molar-refractivity contribution is 0.164. The van der Waals surface area contributed by atoms with Gasteiger partial charge in [-0.15, -0.1) is 11.3 Å². The van der Waals surface area contributed by atoms with Crippen LogP contribution in [0.1, 0.15) is 45.4 Å². The number of thiophene rings is 1. The molecule has 1 aliphatic carbocycles. The summed E-state index contributed by atoms with van der Waals surface area (Å²) in [5.74, 6) is 0.650. The molecular formula is C16H28N2S. The molecule has 0 spiro atoms. The molecule has 0 aromatic carbocycles. The van der Waals surface area contributed by atoms with Crippen LogP contribution in [0, 0.1) is 11.3 Å². The zero-order valence-electron chi connectivity index (χ0n) is 12.7. The molecule has 1 fully saturated rings. The van der Waals surface area contributed by atoms with E-state index < -0.39 is 0 Å². The first-order chi connectivity index (χ1) is 8.90. The number of nitrogens with zero attached hydrogens (tertiary/aromatic N) is 1. The summed E-state index contributed by atoms with van der Waals surface area (Å²) in [6.07, 6.45) is 2.55. The van der Waals surface area contributed by atoms with Crippen LogP contribution in [0.5, 0.6) is 0 Å². The molecule has 2 N–H and O–H groups in total. The highest BCUT2D eigenvalue weighted by Crippen LogP contribution is 2.40. The second kappa shape index (κ2) is 5.94. The second-order valence-corrected chi connectivity index (χ2v) is 7.95. The number of hydrogen-bond donors (Lipinski definition) is 1. The average molecular weight is 280 g/mol. The van der Waals surface area contributed by atoms with E-state index in [9.17, 15) is 0 Å². The quantitative estimate of drug-likeness (QED) is 0.890. The fraction of sp³-hybridized carbons (Fsp3) is 0.750. The highest BCUT2D eigenvalue weighted by molar-refractivity contribution is 7.09. The zero-order valence-corrected chi connectivity index (χ0v) is 13.5. The van der Waals surface area contributed by atoms with Crippen LogP contribution >= 0.6 is 11.3 Å². The highest BCUT2D eigenvalue weighted by Gasteiger charge is 2.40. The maximum absolute atomic E-state index is 6.45. The predicted octanol–water partition coefficient (Wildman–Crippen LogP) is 3.72. The topological polar surface area (TPSA) is 29.3 Å². The molecule has 19 heavy (non-hydrogen) atoms. The molecule has 108 valence electrons. The van der Waals surface area contributed by atoms with Crippen LogP contribution in [0.25, 0.3) is 0 Å². The predicted molar refractivity (Wildman–Crippen MR) is 84.3 cm³/mol. The van der Waals surface area contributed by atoms with Crippen molar-refractivity contribution in [3.05, 3.63) is 22.4 Å². The molecule has 1 aromatic heterocycles. The van der Waals surface area contributed by atoms with Crippen molar-refractivity contribution in [2.24, 2.45) is 17.1 Å². The fourth-order valence-corrected chi connectivity index (χ4v) is 3.84. The minimum absolute atomic E-state index is 0.316. The van der Waals surface area contributed by atoms with Crippen molar-refractivity contribution >= 4 is 11.3 Å². The lowest BCUT2D eigenvalue weighted by Crippen LogP contribution is -2.43. The van der Waals surface area contributed by atoms with E-state index in [4.69, 9.17) is 5.73 Å². The molecule has 1 saturated carbocycles. The van der Waals surface area contributed by atoms with Crippen LogP contribution in [-0.2, 0) is 6.54 Å². The fourth-order valence-electron chi connectivity index (χ4n) is 3.11. The summed E-state index contributed by atoms with van der Waals surface area (Å²) in [6, 6.07) is 5.30. The van der Waals surface area contributed by atoms with Crippen molar-refractivity contribution in [3.63, 3.8) is 0 Å². The molecule has 3 heteroatoms. The van der Waals surface area contributed by atoms with Crippen LogP contribution < -0.4 is 5.73 Å². The van der Waals surface area contributed by atoms with E-state index in [1.165, 1.54) is 17.7 Å². The first kappa shape index (κ1) is 15.0. The van der Waals surface area contributed by atoms with E-state index in [1.54, 1.807) is 0 Å². The SMILES string of the molecule is CC(C)N(Cc1cccs1)CC1CCC(C)(C)C1N. The summed E-state index contributed by atoms with van der Waals surface area (Å²) in [7, 11) is 0. The van der Waals surface area contributed by atoms with Gasteiger partial charge in [-0.1, -0.05) is 19.9 Å². The van der Waals surface area contributed by atoms with Gasteiger partial charge in [0.2, 0.25) is 0 Å². The Hall–Kier alpha value is -0.380. The van der Waals surface area contributed by atoms with Crippen molar-refractivity contribution in [1.29, 1.82) is 0 Å². The third kappa shape index (κ3) is 3.59. The Labute approximate surface area is 122 Å². The van der Waals surface area contributed by atoms with E-state index in [2.05, 4.69) is 50.1 Å². The van der Waals surface area contributed by atoms with Crippen molar-refractivity contribution in [2.75, 3.05) is 6.54 Å². The van der Waals surface area contributed by atoms with E-state index in [1.807, 2.05) is 11.3 Å².